The summed E-state index contributed by atoms with van der Waals surface area (Å²) in [6, 6.07) is 6.14. The quantitative estimate of drug-likeness (QED) is 0.786. The molecule has 0 radical (unpaired) electrons. The summed E-state index contributed by atoms with van der Waals surface area (Å²) in [5.41, 5.74) is 2.97. The summed E-state index contributed by atoms with van der Waals surface area (Å²) in [6.07, 6.45) is 0.283. The van der Waals surface area contributed by atoms with E-state index in [2.05, 4.69) is 10.1 Å². The first-order chi connectivity index (χ1) is 10.3. The molecule has 122 valence electrons. The zero-order valence-electron chi connectivity index (χ0n) is 14.1. The van der Waals surface area contributed by atoms with Gasteiger partial charge in [-0.25, -0.2) is 0 Å². The molecule has 22 heavy (non-hydrogen) atoms. The van der Waals surface area contributed by atoms with E-state index in [9.17, 15) is 9.59 Å². The number of methoxy groups -OCH3 is 1. The molecule has 1 aromatic rings. The summed E-state index contributed by atoms with van der Waals surface area (Å²) in [7, 11) is 1.37. The molecule has 5 heteroatoms. The molecule has 0 bridgehead atoms. The summed E-state index contributed by atoms with van der Waals surface area (Å²) in [4.78, 5) is 25.4. The van der Waals surface area contributed by atoms with Gasteiger partial charge in [0.25, 0.3) is 0 Å². The van der Waals surface area contributed by atoms with E-state index in [0.29, 0.717) is 6.54 Å². The van der Waals surface area contributed by atoms with E-state index in [1.54, 1.807) is 0 Å². The monoisotopic (exact) mass is 306 g/mol. The number of hydrogen-bond acceptors (Lipinski definition) is 4. The molecule has 5 nitrogen and oxygen atoms in total. The number of hydrogen-bond donors (Lipinski definition) is 1. The fraction of sp³-hybridized carbons (Fsp3) is 0.529. The molecule has 0 heterocycles. The highest BCUT2D eigenvalue weighted by Crippen LogP contribution is 2.16. The molecule has 0 atom stereocenters. The van der Waals surface area contributed by atoms with Crippen LogP contribution < -0.4 is 5.32 Å². The predicted octanol–water partition coefficient (Wildman–Crippen LogP) is 2.52. The second-order valence-electron chi connectivity index (χ2n) is 5.76. The standard InChI is InChI=1S/C17H26N2O3/c1-12(2)19(9-8-17(21)22-5)11-16(20)18-15-10-13(3)6-7-14(15)4/h6-7,10,12H,8-9,11H2,1-5H3,(H,18,20). The number of aryl methyl sites for hydroxylation is 2. The van der Waals surface area contributed by atoms with Crippen LogP contribution >= 0.6 is 0 Å². The highest BCUT2D eigenvalue weighted by Gasteiger charge is 2.16. The summed E-state index contributed by atoms with van der Waals surface area (Å²) in [5.74, 6) is -0.340. The number of carbonyl (C=O) groups is 2. The fourth-order valence-corrected chi connectivity index (χ4v) is 2.10. The van der Waals surface area contributed by atoms with Gasteiger partial charge in [-0.3, -0.25) is 14.5 Å². The predicted molar refractivity (Wildman–Crippen MR) is 87.9 cm³/mol. The Bertz CT molecular complexity index is 527. The Kier molecular flexibility index (Phi) is 7.05. The summed E-state index contributed by atoms with van der Waals surface area (Å²) in [6.45, 7) is 8.72. The molecular weight excluding hydrogens is 280 g/mol. The number of nitrogens with one attached hydrogen (secondary N) is 1. The molecular formula is C17H26N2O3. The number of ether oxygens (including phenoxy) is 1. The first kappa shape index (κ1) is 18.2. The lowest BCUT2D eigenvalue weighted by molar-refractivity contribution is -0.141. The van der Waals surface area contributed by atoms with Crippen molar-refractivity contribution in [2.24, 2.45) is 0 Å². The Hall–Kier alpha value is -1.88. The number of amides is 1. The van der Waals surface area contributed by atoms with Crippen LogP contribution in [0.15, 0.2) is 18.2 Å². The third-order valence-electron chi connectivity index (χ3n) is 3.57. The van der Waals surface area contributed by atoms with Gasteiger partial charge in [-0.2, -0.15) is 0 Å². The van der Waals surface area contributed by atoms with Crippen LogP contribution in [0.1, 0.15) is 31.4 Å². The Morgan fingerprint density at radius 3 is 2.55 bits per heavy atom. The van der Waals surface area contributed by atoms with Crippen LogP contribution in [0.3, 0.4) is 0 Å². The first-order valence-electron chi connectivity index (χ1n) is 7.51. The van der Waals surface area contributed by atoms with Gasteiger partial charge in [0, 0.05) is 18.3 Å². The largest absolute Gasteiger partial charge is 0.469 e. The lowest BCUT2D eigenvalue weighted by Gasteiger charge is -2.25. The maximum absolute atomic E-state index is 12.2. The van der Waals surface area contributed by atoms with Gasteiger partial charge in [-0.1, -0.05) is 12.1 Å². The van der Waals surface area contributed by atoms with Crippen LogP contribution in [0.4, 0.5) is 5.69 Å². The van der Waals surface area contributed by atoms with Crippen molar-refractivity contribution < 1.29 is 14.3 Å². The molecule has 1 rings (SSSR count). The first-order valence-corrected chi connectivity index (χ1v) is 7.51. The molecule has 0 aromatic heterocycles. The van der Waals surface area contributed by atoms with Gasteiger partial charge in [-0.05, 0) is 44.9 Å². The maximum atomic E-state index is 12.2. The van der Waals surface area contributed by atoms with E-state index in [4.69, 9.17) is 0 Å². The highest BCUT2D eigenvalue weighted by atomic mass is 16.5. The maximum Gasteiger partial charge on any atom is 0.306 e. The average Bonchev–Trinajstić information content (AvgIpc) is 2.46. The minimum absolute atomic E-state index is 0.0766. The second kappa shape index (κ2) is 8.54. The van der Waals surface area contributed by atoms with Gasteiger partial charge >= 0.3 is 5.97 Å². The molecule has 0 spiro atoms. The van der Waals surface area contributed by atoms with Crippen molar-refractivity contribution in [3.63, 3.8) is 0 Å². The topological polar surface area (TPSA) is 58.6 Å². The van der Waals surface area contributed by atoms with E-state index >= 15 is 0 Å². The number of anilines is 1. The second-order valence-corrected chi connectivity index (χ2v) is 5.76. The Balaban J connectivity index is 2.63. The molecule has 0 aliphatic rings. The van der Waals surface area contributed by atoms with Gasteiger partial charge in [0.1, 0.15) is 0 Å². The van der Waals surface area contributed by atoms with Gasteiger partial charge in [0.2, 0.25) is 5.91 Å². The van der Waals surface area contributed by atoms with Gasteiger partial charge in [-0.15, -0.1) is 0 Å². The van der Waals surface area contributed by atoms with E-state index in [-0.39, 0.29) is 30.9 Å². The summed E-state index contributed by atoms with van der Waals surface area (Å²) >= 11 is 0. The van der Waals surface area contributed by atoms with E-state index in [0.717, 1.165) is 16.8 Å². The van der Waals surface area contributed by atoms with Crippen molar-refractivity contribution in [1.82, 2.24) is 4.90 Å². The summed E-state index contributed by atoms with van der Waals surface area (Å²) in [5, 5.41) is 2.94. The van der Waals surface area contributed by atoms with Crippen molar-refractivity contribution in [3.05, 3.63) is 29.3 Å². The highest BCUT2D eigenvalue weighted by molar-refractivity contribution is 5.93. The Labute approximate surface area is 132 Å². The van der Waals surface area contributed by atoms with Crippen LogP contribution in [-0.2, 0) is 14.3 Å². The SMILES string of the molecule is COC(=O)CCN(CC(=O)Nc1cc(C)ccc1C)C(C)C. The van der Waals surface area contributed by atoms with Crippen LogP contribution in [0, 0.1) is 13.8 Å². The number of esters is 1. The number of rotatable bonds is 7. The fourth-order valence-electron chi connectivity index (χ4n) is 2.10. The molecule has 1 N–H and O–H groups in total. The molecule has 0 saturated carbocycles. The number of nitrogens with zero attached hydrogens (tertiary/aromatic N) is 1. The van der Waals surface area contributed by atoms with Crippen LogP contribution in [-0.4, -0.2) is 43.0 Å². The normalized spacial score (nSPS) is 10.9. The minimum Gasteiger partial charge on any atom is -0.469 e. The van der Waals surface area contributed by atoms with Crippen molar-refractivity contribution in [1.29, 1.82) is 0 Å². The smallest absolute Gasteiger partial charge is 0.306 e. The molecule has 0 saturated heterocycles. The Morgan fingerprint density at radius 2 is 1.95 bits per heavy atom. The summed E-state index contributed by atoms with van der Waals surface area (Å²) < 4.78 is 4.64. The van der Waals surface area contributed by atoms with Crippen molar-refractivity contribution in [2.75, 3.05) is 25.5 Å². The molecule has 0 aliphatic carbocycles. The van der Waals surface area contributed by atoms with Gasteiger partial charge < -0.3 is 10.1 Å². The van der Waals surface area contributed by atoms with Crippen molar-refractivity contribution in [3.8, 4) is 0 Å². The van der Waals surface area contributed by atoms with Gasteiger partial charge in [0.15, 0.2) is 0 Å². The Morgan fingerprint density at radius 1 is 1.27 bits per heavy atom. The number of benzene rings is 1. The zero-order chi connectivity index (χ0) is 16.7. The van der Waals surface area contributed by atoms with Crippen molar-refractivity contribution in [2.45, 2.75) is 40.2 Å². The van der Waals surface area contributed by atoms with E-state index in [1.807, 2.05) is 50.8 Å². The van der Waals surface area contributed by atoms with E-state index < -0.39 is 0 Å². The minimum atomic E-state index is -0.263. The molecule has 1 amide bonds. The molecule has 1 aromatic carbocycles. The van der Waals surface area contributed by atoms with Crippen molar-refractivity contribution >= 4 is 17.6 Å². The average molecular weight is 306 g/mol. The number of carbonyl (C=O) groups excluding carboxylic acids is 2. The van der Waals surface area contributed by atoms with Crippen LogP contribution in [0.5, 0.6) is 0 Å². The molecule has 0 aliphatic heterocycles. The molecule has 0 fully saturated rings. The third-order valence-corrected chi connectivity index (χ3v) is 3.57. The lowest BCUT2D eigenvalue weighted by atomic mass is 10.1. The van der Waals surface area contributed by atoms with Crippen LogP contribution in [0.25, 0.3) is 0 Å². The molecule has 0 unspecified atom stereocenters. The zero-order valence-corrected chi connectivity index (χ0v) is 14.1. The van der Waals surface area contributed by atoms with Gasteiger partial charge in [0.05, 0.1) is 20.1 Å². The lowest BCUT2D eigenvalue weighted by Crippen LogP contribution is -2.39. The third kappa shape index (κ3) is 5.85. The van der Waals surface area contributed by atoms with E-state index in [1.165, 1.54) is 7.11 Å². The van der Waals surface area contributed by atoms with Crippen LogP contribution in [0.2, 0.25) is 0 Å².